The Bertz CT molecular complexity index is 345. The van der Waals surface area contributed by atoms with Crippen LogP contribution in [0.25, 0.3) is 0 Å². The van der Waals surface area contributed by atoms with E-state index in [2.05, 4.69) is 9.88 Å². The van der Waals surface area contributed by atoms with Gasteiger partial charge in [0.15, 0.2) is 11.6 Å². The molecule has 0 aliphatic rings. The van der Waals surface area contributed by atoms with E-state index in [0.29, 0.717) is 13.2 Å². The summed E-state index contributed by atoms with van der Waals surface area (Å²) < 4.78 is 10.9. The lowest BCUT2D eigenvalue weighted by Gasteiger charge is -2.25. The summed E-state index contributed by atoms with van der Waals surface area (Å²) in [7, 11) is 1.69. The van der Waals surface area contributed by atoms with Gasteiger partial charge in [0.05, 0.1) is 12.7 Å². The maximum absolute atomic E-state index is 5.77. The molecule has 0 saturated carbocycles. The van der Waals surface area contributed by atoms with E-state index in [9.17, 15) is 0 Å². The monoisotopic (exact) mass is 253 g/mol. The van der Waals surface area contributed by atoms with Crippen LogP contribution in [0.3, 0.4) is 0 Å². The summed E-state index contributed by atoms with van der Waals surface area (Å²) in [4.78, 5) is 6.48. The van der Waals surface area contributed by atoms with Gasteiger partial charge in [0, 0.05) is 32.9 Å². The molecule has 0 atom stereocenters. The van der Waals surface area contributed by atoms with E-state index >= 15 is 0 Å². The van der Waals surface area contributed by atoms with Gasteiger partial charge in [-0.3, -0.25) is 0 Å². The number of hydrogen-bond acceptors (Lipinski definition) is 5. The van der Waals surface area contributed by atoms with Gasteiger partial charge in [0.1, 0.15) is 0 Å². The van der Waals surface area contributed by atoms with Crippen LogP contribution in [0.1, 0.15) is 13.8 Å². The molecule has 102 valence electrons. The molecule has 1 rings (SSSR count). The van der Waals surface area contributed by atoms with Gasteiger partial charge >= 0.3 is 0 Å². The number of nitrogens with two attached hydrogens (primary N) is 1. The summed E-state index contributed by atoms with van der Waals surface area (Å²) in [5, 5.41) is 0. The third kappa shape index (κ3) is 4.50. The number of aromatic nitrogens is 1. The zero-order valence-electron chi connectivity index (χ0n) is 11.4. The average molecular weight is 253 g/mol. The SMILES string of the molecule is COCCN(CCN)c1ncccc1OC(C)C. The third-order valence-corrected chi connectivity index (χ3v) is 2.38. The van der Waals surface area contributed by atoms with Gasteiger partial charge in [0.25, 0.3) is 0 Å². The average Bonchev–Trinajstić information content (AvgIpc) is 2.35. The van der Waals surface area contributed by atoms with Gasteiger partial charge < -0.3 is 20.1 Å². The first kappa shape index (κ1) is 14.7. The summed E-state index contributed by atoms with van der Waals surface area (Å²) in [6.45, 7) is 6.69. The van der Waals surface area contributed by atoms with Crippen molar-refractivity contribution < 1.29 is 9.47 Å². The van der Waals surface area contributed by atoms with Crippen LogP contribution in [0.4, 0.5) is 5.82 Å². The molecule has 5 nitrogen and oxygen atoms in total. The minimum absolute atomic E-state index is 0.120. The molecule has 0 aliphatic heterocycles. The van der Waals surface area contributed by atoms with Crippen LogP contribution >= 0.6 is 0 Å². The second-order valence-electron chi connectivity index (χ2n) is 4.26. The number of anilines is 1. The van der Waals surface area contributed by atoms with Crippen molar-refractivity contribution in [1.82, 2.24) is 4.98 Å². The lowest BCUT2D eigenvalue weighted by Crippen LogP contribution is -2.33. The fourth-order valence-corrected chi connectivity index (χ4v) is 1.65. The maximum Gasteiger partial charge on any atom is 0.171 e. The molecule has 2 N–H and O–H groups in total. The number of nitrogens with zero attached hydrogens (tertiary/aromatic N) is 2. The van der Waals surface area contributed by atoms with Crippen LogP contribution in [0.5, 0.6) is 5.75 Å². The lowest BCUT2D eigenvalue weighted by molar-refractivity contribution is 0.204. The summed E-state index contributed by atoms with van der Waals surface area (Å²) in [6, 6.07) is 3.80. The molecule has 0 bridgehead atoms. The molecule has 0 amide bonds. The highest BCUT2D eigenvalue weighted by molar-refractivity contribution is 5.52. The molecule has 1 heterocycles. The van der Waals surface area contributed by atoms with E-state index in [1.54, 1.807) is 13.3 Å². The maximum atomic E-state index is 5.77. The molecule has 5 heteroatoms. The van der Waals surface area contributed by atoms with Gasteiger partial charge in [-0.2, -0.15) is 0 Å². The Morgan fingerprint density at radius 3 is 2.78 bits per heavy atom. The lowest BCUT2D eigenvalue weighted by atomic mass is 10.3. The zero-order chi connectivity index (χ0) is 13.4. The van der Waals surface area contributed by atoms with Gasteiger partial charge in [-0.05, 0) is 26.0 Å². The van der Waals surface area contributed by atoms with Crippen molar-refractivity contribution in [2.24, 2.45) is 5.73 Å². The summed E-state index contributed by atoms with van der Waals surface area (Å²) in [5.41, 5.74) is 5.64. The second kappa shape index (κ2) is 7.89. The van der Waals surface area contributed by atoms with Gasteiger partial charge in [-0.25, -0.2) is 4.98 Å². The van der Waals surface area contributed by atoms with Crippen molar-refractivity contribution in [1.29, 1.82) is 0 Å². The second-order valence-corrected chi connectivity index (χ2v) is 4.26. The molecule has 1 aromatic rings. The van der Waals surface area contributed by atoms with Crippen LogP contribution in [-0.2, 0) is 4.74 Å². The van der Waals surface area contributed by atoms with Crippen LogP contribution in [-0.4, -0.2) is 44.4 Å². The van der Waals surface area contributed by atoms with E-state index < -0.39 is 0 Å². The van der Waals surface area contributed by atoms with Crippen molar-refractivity contribution in [3.63, 3.8) is 0 Å². The Hall–Kier alpha value is -1.33. The summed E-state index contributed by atoms with van der Waals surface area (Å²) in [6.07, 6.45) is 1.88. The molecule has 0 aliphatic carbocycles. The smallest absolute Gasteiger partial charge is 0.171 e. The van der Waals surface area contributed by atoms with Crippen molar-refractivity contribution in [3.8, 4) is 5.75 Å². The fourth-order valence-electron chi connectivity index (χ4n) is 1.65. The Labute approximate surface area is 109 Å². The Morgan fingerprint density at radius 1 is 1.39 bits per heavy atom. The van der Waals surface area contributed by atoms with Crippen molar-refractivity contribution in [2.45, 2.75) is 20.0 Å². The van der Waals surface area contributed by atoms with Crippen molar-refractivity contribution in [2.75, 3.05) is 38.3 Å². The highest BCUT2D eigenvalue weighted by Crippen LogP contribution is 2.25. The quantitative estimate of drug-likeness (QED) is 0.756. The first-order valence-electron chi connectivity index (χ1n) is 6.24. The van der Waals surface area contributed by atoms with E-state index in [0.717, 1.165) is 24.7 Å². The minimum Gasteiger partial charge on any atom is -0.487 e. The normalized spacial score (nSPS) is 10.7. The number of rotatable bonds is 8. The van der Waals surface area contributed by atoms with Crippen LogP contribution in [0.15, 0.2) is 18.3 Å². The van der Waals surface area contributed by atoms with Crippen LogP contribution in [0.2, 0.25) is 0 Å². The summed E-state index contributed by atoms with van der Waals surface area (Å²) in [5.74, 6) is 1.62. The van der Waals surface area contributed by atoms with Crippen molar-refractivity contribution >= 4 is 5.82 Å². The molecule has 0 unspecified atom stereocenters. The van der Waals surface area contributed by atoms with Crippen molar-refractivity contribution in [3.05, 3.63) is 18.3 Å². The largest absolute Gasteiger partial charge is 0.487 e. The molecule has 1 aromatic heterocycles. The molecular formula is C13H23N3O2. The van der Waals surface area contributed by atoms with E-state index in [4.69, 9.17) is 15.2 Å². The number of hydrogen-bond donors (Lipinski definition) is 1. The van der Waals surface area contributed by atoms with E-state index in [1.165, 1.54) is 0 Å². The Morgan fingerprint density at radius 2 is 2.17 bits per heavy atom. The molecule has 0 aromatic carbocycles. The van der Waals surface area contributed by atoms with Gasteiger partial charge in [-0.1, -0.05) is 0 Å². The topological polar surface area (TPSA) is 60.6 Å². The highest BCUT2D eigenvalue weighted by Gasteiger charge is 2.13. The molecule has 18 heavy (non-hydrogen) atoms. The molecule has 0 radical (unpaired) electrons. The summed E-state index contributed by atoms with van der Waals surface area (Å²) >= 11 is 0. The van der Waals surface area contributed by atoms with Crippen LogP contribution < -0.4 is 15.4 Å². The first-order chi connectivity index (χ1) is 8.69. The number of ether oxygens (including phenoxy) is 2. The van der Waals surface area contributed by atoms with E-state index in [1.807, 2.05) is 26.0 Å². The Balaban J connectivity index is 2.87. The van der Waals surface area contributed by atoms with E-state index in [-0.39, 0.29) is 6.10 Å². The third-order valence-electron chi connectivity index (χ3n) is 2.38. The van der Waals surface area contributed by atoms with Crippen LogP contribution in [0, 0.1) is 0 Å². The Kier molecular flexibility index (Phi) is 6.46. The molecule has 0 saturated heterocycles. The predicted molar refractivity (Wildman–Crippen MR) is 73.1 cm³/mol. The highest BCUT2D eigenvalue weighted by atomic mass is 16.5. The number of methoxy groups -OCH3 is 1. The predicted octanol–water partition coefficient (Wildman–Crippen LogP) is 1.28. The molecular weight excluding hydrogens is 230 g/mol. The molecule has 0 fully saturated rings. The van der Waals surface area contributed by atoms with Gasteiger partial charge in [-0.15, -0.1) is 0 Å². The first-order valence-corrected chi connectivity index (χ1v) is 6.24. The zero-order valence-corrected chi connectivity index (χ0v) is 11.4. The minimum atomic E-state index is 0.120. The molecule has 0 spiro atoms. The fraction of sp³-hybridized carbons (Fsp3) is 0.615. The standard InChI is InChI=1S/C13H23N3O2/c1-11(2)18-12-5-4-7-15-13(12)16(8-6-14)9-10-17-3/h4-5,7,11H,6,8-10,14H2,1-3H3. The van der Waals surface area contributed by atoms with Gasteiger partial charge in [0.2, 0.25) is 0 Å². The number of pyridine rings is 1.